The maximum absolute atomic E-state index is 12.5. The van der Waals surface area contributed by atoms with E-state index in [0.29, 0.717) is 22.6 Å². The lowest BCUT2D eigenvalue weighted by atomic mass is 10.1. The van der Waals surface area contributed by atoms with E-state index in [1.165, 1.54) is 0 Å². The number of aryl methyl sites for hydroxylation is 2. The molecule has 2 aromatic rings. The van der Waals surface area contributed by atoms with Crippen molar-refractivity contribution in [1.29, 1.82) is 0 Å². The number of hydrogen-bond donors (Lipinski definition) is 3. The summed E-state index contributed by atoms with van der Waals surface area (Å²) in [6.07, 6.45) is 0. The van der Waals surface area contributed by atoms with Crippen LogP contribution in [0.25, 0.3) is 0 Å². The maximum atomic E-state index is 12.5. The number of halogens is 1. The SMILES string of the molecule is Cc1ccc(NC(=O)C(C)C)cc1NC(=O)c1cc(N)ccc1C.Cl. The van der Waals surface area contributed by atoms with Crippen LogP contribution in [0.5, 0.6) is 0 Å². The summed E-state index contributed by atoms with van der Waals surface area (Å²) in [6.45, 7) is 7.42. The molecule has 0 aliphatic carbocycles. The minimum Gasteiger partial charge on any atom is -0.399 e. The summed E-state index contributed by atoms with van der Waals surface area (Å²) in [5.74, 6) is -0.405. The molecule has 0 heterocycles. The van der Waals surface area contributed by atoms with E-state index in [1.54, 1.807) is 18.2 Å². The van der Waals surface area contributed by atoms with Crippen molar-refractivity contribution in [2.24, 2.45) is 5.92 Å². The third-order valence-corrected chi connectivity index (χ3v) is 3.78. The fraction of sp³-hybridized carbons (Fsp3) is 0.263. The predicted octanol–water partition coefficient (Wildman–Crippen LogP) is 4.15. The Bertz CT molecular complexity index is 788. The number of amides is 2. The Morgan fingerprint density at radius 2 is 1.60 bits per heavy atom. The standard InChI is InChI=1S/C19H23N3O2.ClH/c1-11(2)18(23)21-15-8-6-13(4)17(10-15)22-19(24)16-9-14(20)7-5-12(16)3;/h5-11H,20H2,1-4H3,(H,21,23)(H,22,24);1H. The first-order chi connectivity index (χ1) is 11.3. The summed E-state index contributed by atoms with van der Waals surface area (Å²) in [4.78, 5) is 24.3. The molecule has 0 unspecified atom stereocenters. The molecule has 4 N–H and O–H groups in total. The summed E-state index contributed by atoms with van der Waals surface area (Å²) in [6, 6.07) is 10.7. The van der Waals surface area contributed by atoms with Gasteiger partial charge < -0.3 is 16.4 Å². The average molecular weight is 362 g/mol. The molecular formula is C19H24ClN3O2. The number of anilines is 3. The quantitative estimate of drug-likeness (QED) is 0.715. The molecule has 0 fully saturated rings. The maximum Gasteiger partial charge on any atom is 0.256 e. The highest BCUT2D eigenvalue weighted by Crippen LogP contribution is 2.22. The first kappa shape index (κ1) is 20.5. The van der Waals surface area contributed by atoms with E-state index in [9.17, 15) is 9.59 Å². The summed E-state index contributed by atoms with van der Waals surface area (Å²) >= 11 is 0. The van der Waals surface area contributed by atoms with Gasteiger partial charge in [0.25, 0.3) is 5.91 Å². The van der Waals surface area contributed by atoms with Gasteiger partial charge >= 0.3 is 0 Å². The molecule has 2 rings (SSSR count). The van der Waals surface area contributed by atoms with Gasteiger partial charge in [0.05, 0.1) is 0 Å². The molecular weight excluding hydrogens is 338 g/mol. The fourth-order valence-corrected chi connectivity index (χ4v) is 2.19. The average Bonchev–Trinajstić information content (AvgIpc) is 2.52. The van der Waals surface area contributed by atoms with E-state index in [4.69, 9.17) is 5.73 Å². The van der Waals surface area contributed by atoms with Gasteiger partial charge in [-0.25, -0.2) is 0 Å². The van der Waals surface area contributed by atoms with Crippen LogP contribution in [0.4, 0.5) is 17.1 Å². The molecule has 0 saturated carbocycles. The second-order valence-corrected chi connectivity index (χ2v) is 6.20. The molecule has 0 atom stereocenters. The van der Waals surface area contributed by atoms with Crippen molar-refractivity contribution in [3.05, 3.63) is 53.1 Å². The van der Waals surface area contributed by atoms with Gasteiger partial charge in [-0.05, 0) is 49.2 Å². The van der Waals surface area contributed by atoms with Gasteiger partial charge in [-0.2, -0.15) is 0 Å². The Labute approximate surface area is 154 Å². The fourth-order valence-electron chi connectivity index (χ4n) is 2.19. The zero-order chi connectivity index (χ0) is 17.9. The number of carbonyl (C=O) groups is 2. The van der Waals surface area contributed by atoms with Crippen LogP contribution in [0.2, 0.25) is 0 Å². The lowest BCUT2D eigenvalue weighted by Gasteiger charge is -2.13. The largest absolute Gasteiger partial charge is 0.399 e. The topological polar surface area (TPSA) is 84.2 Å². The monoisotopic (exact) mass is 361 g/mol. The van der Waals surface area contributed by atoms with Crippen molar-refractivity contribution in [3.63, 3.8) is 0 Å². The molecule has 134 valence electrons. The van der Waals surface area contributed by atoms with Crippen LogP contribution < -0.4 is 16.4 Å². The molecule has 0 spiro atoms. The number of nitrogens with one attached hydrogen (secondary N) is 2. The number of carbonyl (C=O) groups excluding carboxylic acids is 2. The Kier molecular flexibility index (Phi) is 7.00. The molecule has 2 aromatic carbocycles. The molecule has 0 aromatic heterocycles. The first-order valence-corrected chi connectivity index (χ1v) is 7.87. The van der Waals surface area contributed by atoms with Crippen molar-refractivity contribution in [2.75, 3.05) is 16.4 Å². The lowest BCUT2D eigenvalue weighted by Crippen LogP contribution is -2.18. The zero-order valence-electron chi connectivity index (χ0n) is 14.8. The van der Waals surface area contributed by atoms with E-state index in [2.05, 4.69) is 10.6 Å². The van der Waals surface area contributed by atoms with Crippen LogP contribution in [-0.4, -0.2) is 11.8 Å². The molecule has 0 aliphatic rings. The smallest absolute Gasteiger partial charge is 0.256 e. The summed E-state index contributed by atoms with van der Waals surface area (Å²) in [5, 5.41) is 5.72. The Balaban J connectivity index is 0.00000312. The molecule has 25 heavy (non-hydrogen) atoms. The molecule has 0 saturated heterocycles. The highest BCUT2D eigenvalue weighted by atomic mass is 35.5. The molecule has 0 bridgehead atoms. The van der Waals surface area contributed by atoms with Crippen LogP contribution in [0.15, 0.2) is 36.4 Å². The van der Waals surface area contributed by atoms with Crippen LogP contribution in [0, 0.1) is 19.8 Å². The molecule has 2 amide bonds. The van der Waals surface area contributed by atoms with E-state index in [1.807, 2.05) is 45.9 Å². The van der Waals surface area contributed by atoms with Gasteiger partial charge in [0.2, 0.25) is 5.91 Å². The minimum atomic E-state index is -0.227. The second-order valence-electron chi connectivity index (χ2n) is 6.20. The van der Waals surface area contributed by atoms with Gasteiger partial charge in [0.15, 0.2) is 0 Å². The highest BCUT2D eigenvalue weighted by Gasteiger charge is 2.13. The van der Waals surface area contributed by atoms with E-state index in [0.717, 1.165) is 11.1 Å². The van der Waals surface area contributed by atoms with Crippen LogP contribution in [-0.2, 0) is 4.79 Å². The van der Waals surface area contributed by atoms with Crippen LogP contribution in [0.3, 0.4) is 0 Å². The number of benzene rings is 2. The van der Waals surface area contributed by atoms with Crippen molar-refractivity contribution in [3.8, 4) is 0 Å². The Morgan fingerprint density at radius 3 is 2.24 bits per heavy atom. The number of nitrogens with two attached hydrogens (primary N) is 1. The Morgan fingerprint density at radius 1 is 0.960 bits per heavy atom. The van der Waals surface area contributed by atoms with Gasteiger partial charge in [-0.1, -0.05) is 26.0 Å². The molecule has 0 aliphatic heterocycles. The molecule has 5 nitrogen and oxygen atoms in total. The Hall–Kier alpha value is -2.53. The first-order valence-electron chi connectivity index (χ1n) is 7.87. The van der Waals surface area contributed by atoms with Gasteiger partial charge in [0.1, 0.15) is 0 Å². The van der Waals surface area contributed by atoms with E-state index < -0.39 is 0 Å². The van der Waals surface area contributed by atoms with Gasteiger partial charge in [-0.15, -0.1) is 12.4 Å². The number of hydrogen-bond acceptors (Lipinski definition) is 3. The zero-order valence-corrected chi connectivity index (χ0v) is 15.7. The van der Waals surface area contributed by atoms with Crippen molar-refractivity contribution < 1.29 is 9.59 Å². The number of rotatable bonds is 4. The third kappa shape index (κ3) is 5.22. The normalized spacial score (nSPS) is 10.1. The minimum absolute atomic E-state index is 0. The van der Waals surface area contributed by atoms with Crippen molar-refractivity contribution in [1.82, 2.24) is 0 Å². The van der Waals surface area contributed by atoms with E-state index >= 15 is 0 Å². The van der Waals surface area contributed by atoms with Crippen LogP contribution >= 0.6 is 12.4 Å². The van der Waals surface area contributed by atoms with Crippen LogP contribution in [0.1, 0.15) is 35.3 Å². The number of nitrogen functional groups attached to an aromatic ring is 1. The third-order valence-electron chi connectivity index (χ3n) is 3.78. The van der Waals surface area contributed by atoms with Gasteiger partial charge in [-0.3, -0.25) is 9.59 Å². The summed E-state index contributed by atoms with van der Waals surface area (Å²) < 4.78 is 0. The highest BCUT2D eigenvalue weighted by molar-refractivity contribution is 6.06. The van der Waals surface area contributed by atoms with Crippen molar-refractivity contribution >= 4 is 41.3 Å². The molecule has 0 radical (unpaired) electrons. The predicted molar refractivity (Wildman–Crippen MR) is 105 cm³/mol. The van der Waals surface area contributed by atoms with Gasteiger partial charge in [0, 0.05) is 28.5 Å². The van der Waals surface area contributed by atoms with E-state index in [-0.39, 0.29) is 30.1 Å². The lowest BCUT2D eigenvalue weighted by molar-refractivity contribution is -0.118. The second kappa shape index (κ2) is 8.53. The van der Waals surface area contributed by atoms with Crippen molar-refractivity contribution in [2.45, 2.75) is 27.7 Å². The summed E-state index contributed by atoms with van der Waals surface area (Å²) in [7, 11) is 0. The molecule has 6 heteroatoms. The summed E-state index contributed by atoms with van der Waals surface area (Å²) in [5.41, 5.74) is 9.91.